The number of hydrogen-bond donors (Lipinski definition) is 1. The van der Waals surface area contributed by atoms with E-state index in [9.17, 15) is 5.26 Å². The van der Waals surface area contributed by atoms with Gasteiger partial charge in [-0.3, -0.25) is 5.32 Å². The molecule has 0 aliphatic carbocycles. The largest absolute Gasteiger partial charge is 0.304 e. The highest BCUT2D eigenvalue weighted by molar-refractivity contribution is 5.04. The first kappa shape index (κ1) is 17.4. The van der Waals surface area contributed by atoms with Gasteiger partial charge >= 0.3 is 0 Å². The number of nitrogens with one attached hydrogen (secondary N) is 1. The summed E-state index contributed by atoms with van der Waals surface area (Å²) in [5.41, 5.74) is -0.417. The molecule has 0 bridgehead atoms. The van der Waals surface area contributed by atoms with Crippen molar-refractivity contribution in [2.75, 3.05) is 13.6 Å². The van der Waals surface area contributed by atoms with Crippen LogP contribution < -0.4 is 5.32 Å². The molecule has 0 heterocycles. The molecule has 3 nitrogen and oxygen atoms in total. The van der Waals surface area contributed by atoms with Crippen molar-refractivity contribution in [3.63, 3.8) is 0 Å². The fraction of sp³-hybridized carbons (Fsp3) is 0.933. The van der Waals surface area contributed by atoms with Crippen LogP contribution in [-0.2, 0) is 0 Å². The third-order valence-electron chi connectivity index (χ3n) is 3.38. The van der Waals surface area contributed by atoms with Gasteiger partial charge in [-0.15, -0.1) is 0 Å². The van der Waals surface area contributed by atoms with Crippen LogP contribution in [0.3, 0.4) is 0 Å². The summed E-state index contributed by atoms with van der Waals surface area (Å²) in [4.78, 5) is 2.36. The van der Waals surface area contributed by atoms with Gasteiger partial charge in [0, 0.05) is 18.6 Å². The Labute approximate surface area is 114 Å². The molecule has 0 aliphatic rings. The van der Waals surface area contributed by atoms with Crippen molar-refractivity contribution >= 4 is 0 Å². The molecule has 3 heteroatoms. The molecule has 0 saturated heterocycles. The lowest BCUT2D eigenvalue weighted by Crippen LogP contribution is -2.47. The van der Waals surface area contributed by atoms with Gasteiger partial charge in [0.15, 0.2) is 0 Å². The van der Waals surface area contributed by atoms with E-state index in [0.29, 0.717) is 12.1 Å². The van der Waals surface area contributed by atoms with Gasteiger partial charge in [-0.25, -0.2) is 0 Å². The first-order valence-corrected chi connectivity index (χ1v) is 7.09. The van der Waals surface area contributed by atoms with E-state index in [4.69, 9.17) is 0 Å². The van der Waals surface area contributed by atoms with E-state index >= 15 is 0 Å². The Balaban J connectivity index is 4.24. The second-order valence-electron chi connectivity index (χ2n) is 6.45. The monoisotopic (exact) mass is 253 g/mol. The van der Waals surface area contributed by atoms with Gasteiger partial charge in [-0.1, -0.05) is 13.8 Å². The summed E-state index contributed by atoms with van der Waals surface area (Å²) in [5.74, 6) is 0.721. The molecule has 0 aromatic heterocycles. The normalized spacial score (nSPS) is 16.9. The van der Waals surface area contributed by atoms with E-state index < -0.39 is 5.54 Å². The lowest BCUT2D eigenvalue weighted by Gasteiger charge is -2.31. The molecule has 0 aliphatic heterocycles. The zero-order valence-corrected chi connectivity index (χ0v) is 13.2. The van der Waals surface area contributed by atoms with Crippen LogP contribution in [0, 0.1) is 17.2 Å². The van der Waals surface area contributed by atoms with E-state index in [1.807, 2.05) is 6.92 Å². The molecule has 2 atom stereocenters. The molecule has 106 valence electrons. The van der Waals surface area contributed by atoms with Gasteiger partial charge in [0.1, 0.15) is 5.54 Å². The average molecular weight is 253 g/mol. The standard InChI is InChI=1S/C15H31N3/c1-12(2)10-14(5)18(7)9-8-15(6,11-16)17-13(3)4/h12-14,17H,8-10H2,1-7H3. The molecule has 0 radical (unpaired) electrons. The predicted octanol–water partition coefficient (Wildman–Crippen LogP) is 3.02. The number of nitrogens with zero attached hydrogens (tertiary/aromatic N) is 2. The Bertz CT molecular complexity index is 267. The molecule has 0 saturated carbocycles. The maximum Gasteiger partial charge on any atom is 0.105 e. The minimum Gasteiger partial charge on any atom is -0.304 e. The molecule has 2 unspecified atom stereocenters. The first-order chi connectivity index (χ1) is 8.20. The lowest BCUT2D eigenvalue weighted by molar-refractivity contribution is 0.207. The summed E-state index contributed by atoms with van der Waals surface area (Å²) in [5, 5.41) is 12.7. The predicted molar refractivity (Wildman–Crippen MR) is 78.5 cm³/mol. The van der Waals surface area contributed by atoms with Crippen LogP contribution in [0.2, 0.25) is 0 Å². The van der Waals surface area contributed by atoms with Crippen molar-refractivity contribution in [2.45, 2.75) is 72.0 Å². The Morgan fingerprint density at radius 2 is 1.78 bits per heavy atom. The van der Waals surface area contributed by atoms with Gasteiger partial charge in [-0.2, -0.15) is 5.26 Å². The van der Waals surface area contributed by atoms with Gasteiger partial charge in [0.05, 0.1) is 6.07 Å². The van der Waals surface area contributed by atoms with Crippen LogP contribution in [0.4, 0.5) is 0 Å². The van der Waals surface area contributed by atoms with Crippen molar-refractivity contribution < 1.29 is 0 Å². The van der Waals surface area contributed by atoms with Gasteiger partial charge in [-0.05, 0) is 53.5 Å². The first-order valence-electron chi connectivity index (χ1n) is 7.09. The molecule has 0 rings (SSSR count). The Morgan fingerprint density at radius 3 is 2.17 bits per heavy atom. The van der Waals surface area contributed by atoms with Gasteiger partial charge in [0.2, 0.25) is 0 Å². The topological polar surface area (TPSA) is 39.1 Å². The van der Waals surface area contributed by atoms with E-state index in [1.54, 1.807) is 0 Å². The number of hydrogen-bond acceptors (Lipinski definition) is 3. The summed E-state index contributed by atoms with van der Waals surface area (Å²) in [7, 11) is 2.15. The zero-order chi connectivity index (χ0) is 14.3. The second kappa shape index (κ2) is 7.76. The highest BCUT2D eigenvalue weighted by atomic mass is 15.1. The van der Waals surface area contributed by atoms with E-state index in [-0.39, 0.29) is 0 Å². The van der Waals surface area contributed by atoms with Crippen LogP contribution in [-0.4, -0.2) is 36.1 Å². The van der Waals surface area contributed by atoms with Crippen molar-refractivity contribution in [2.24, 2.45) is 5.92 Å². The van der Waals surface area contributed by atoms with E-state index in [1.165, 1.54) is 6.42 Å². The van der Waals surface area contributed by atoms with Crippen molar-refractivity contribution in [1.29, 1.82) is 5.26 Å². The molecule has 0 amide bonds. The number of nitriles is 1. The molecule has 0 aromatic rings. The third kappa shape index (κ3) is 6.98. The maximum atomic E-state index is 9.30. The smallest absolute Gasteiger partial charge is 0.105 e. The third-order valence-corrected chi connectivity index (χ3v) is 3.38. The molecular formula is C15H31N3. The molecular weight excluding hydrogens is 222 g/mol. The van der Waals surface area contributed by atoms with Crippen LogP contribution in [0.15, 0.2) is 0 Å². The summed E-state index contributed by atoms with van der Waals surface area (Å²) in [6.07, 6.45) is 2.07. The summed E-state index contributed by atoms with van der Waals surface area (Å²) in [6, 6.07) is 3.32. The Kier molecular flexibility index (Phi) is 7.51. The van der Waals surface area contributed by atoms with Crippen LogP contribution in [0.1, 0.15) is 54.4 Å². The average Bonchev–Trinajstić information content (AvgIpc) is 2.24. The SMILES string of the molecule is CC(C)CC(C)N(C)CCC(C)(C#N)NC(C)C. The molecule has 0 fully saturated rings. The fourth-order valence-corrected chi connectivity index (χ4v) is 2.28. The van der Waals surface area contributed by atoms with Crippen LogP contribution in [0.5, 0.6) is 0 Å². The van der Waals surface area contributed by atoms with E-state index in [2.05, 4.69) is 58.0 Å². The summed E-state index contributed by atoms with van der Waals surface area (Å²) < 4.78 is 0. The molecule has 0 spiro atoms. The maximum absolute atomic E-state index is 9.30. The molecule has 18 heavy (non-hydrogen) atoms. The quantitative estimate of drug-likeness (QED) is 0.722. The highest BCUT2D eigenvalue weighted by Gasteiger charge is 2.25. The minimum atomic E-state index is -0.417. The van der Waals surface area contributed by atoms with Crippen molar-refractivity contribution in [1.82, 2.24) is 10.2 Å². The second-order valence-corrected chi connectivity index (χ2v) is 6.45. The number of rotatable bonds is 8. The van der Waals surface area contributed by atoms with Gasteiger partial charge in [0.25, 0.3) is 0 Å². The highest BCUT2D eigenvalue weighted by Crippen LogP contribution is 2.14. The Morgan fingerprint density at radius 1 is 1.22 bits per heavy atom. The molecule has 1 N–H and O–H groups in total. The minimum absolute atomic E-state index is 0.341. The zero-order valence-electron chi connectivity index (χ0n) is 13.2. The van der Waals surface area contributed by atoms with Crippen molar-refractivity contribution in [3.8, 4) is 6.07 Å². The molecule has 0 aromatic carbocycles. The van der Waals surface area contributed by atoms with Crippen LogP contribution in [0.25, 0.3) is 0 Å². The van der Waals surface area contributed by atoms with Gasteiger partial charge < -0.3 is 4.90 Å². The fourth-order valence-electron chi connectivity index (χ4n) is 2.28. The van der Waals surface area contributed by atoms with E-state index in [0.717, 1.165) is 18.9 Å². The lowest BCUT2D eigenvalue weighted by atomic mass is 9.97. The van der Waals surface area contributed by atoms with Crippen LogP contribution >= 0.6 is 0 Å². The summed E-state index contributed by atoms with van der Waals surface area (Å²) >= 11 is 0. The summed E-state index contributed by atoms with van der Waals surface area (Å²) in [6.45, 7) is 13.9. The van der Waals surface area contributed by atoms with Crippen molar-refractivity contribution in [3.05, 3.63) is 0 Å². The Hall–Kier alpha value is -0.590.